The van der Waals surface area contributed by atoms with Gasteiger partial charge in [-0.05, 0) is 46.7 Å². The number of nitrogens with zero attached hydrogens (tertiary/aromatic N) is 1. The Kier molecular flexibility index (Phi) is 2.43. The average Bonchev–Trinajstić information content (AvgIpc) is 1.95. The lowest BCUT2D eigenvalue weighted by molar-refractivity contribution is 1.20. The van der Waals surface area contributed by atoms with E-state index in [1.54, 1.807) is 6.08 Å². The zero-order chi connectivity index (χ0) is 7.56. The highest BCUT2D eigenvalue weighted by atomic mass is 127. The second-order valence-electron chi connectivity index (χ2n) is 2.08. The monoisotopic (exact) mass is 245 g/mol. The van der Waals surface area contributed by atoms with Crippen molar-refractivity contribution in [1.29, 1.82) is 0 Å². The molecule has 1 heterocycles. The summed E-state index contributed by atoms with van der Waals surface area (Å²) in [5.41, 5.74) is 2.29. The van der Waals surface area contributed by atoms with Crippen molar-refractivity contribution >= 4 is 28.7 Å². The first kappa shape index (κ1) is 7.72. The van der Waals surface area contributed by atoms with Crippen molar-refractivity contribution in [3.05, 3.63) is 33.7 Å². The SMILES string of the molecule is C=Cc1cnc(I)c(C)c1. The van der Waals surface area contributed by atoms with Crippen LogP contribution in [0.3, 0.4) is 0 Å². The van der Waals surface area contributed by atoms with Crippen LogP contribution in [-0.4, -0.2) is 4.98 Å². The first-order valence-electron chi connectivity index (χ1n) is 2.98. The standard InChI is InChI=1S/C8H8IN/c1-3-7-4-6(2)8(9)10-5-7/h3-5H,1H2,2H3. The Labute approximate surface area is 74.3 Å². The number of hydrogen-bond acceptors (Lipinski definition) is 1. The van der Waals surface area contributed by atoms with Crippen molar-refractivity contribution < 1.29 is 0 Å². The van der Waals surface area contributed by atoms with Crippen LogP contribution < -0.4 is 0 Å². The molecule has 0 bridgehead atoms. The number of hydrogen-bond donors (Lipinski definition) is 0. The van der Waals surface area contributed by atoms with E-state index in [9.17, 15) is 0 Å². The Morgan fingerprint density at radius 2 is 2.40 bits per heavy atom. The number of aromatic nitrogens is 1. The number of rotatable bonds is 1. The van der Waals surface area contributed by atoms with E-state index in [-0.39, 0.29) is 0 Å². The quantitative estimate of drug-likeness (QED) is 0.547. The van der Waals surface area contributed by atoms with Gasteiger partial charge in [-0.15, -0.1) is 0 Å². The van der Waals surface area contributed by atoms with E-state index in [2.05, 4.69) is 40.2 Å². The van der Waals surface area contributed by atoms with E-state index < -0.39 is 0 Å². The van der Waals surface area contributed by atoms with Crippen LogP contribution in [0.15, 0.2) is 18.8 Å². The predicted octanol–water partition coefficient (Wildman–Crippen LogP) is 2.64. The summed E-state index contributed by atoms with van der Waals surface area (Å²) >= 11 is 2.21. The molecule has 0 radical (unpaired) electrons. The lowest BCUT2D eigenvalue weighted by Gasteiger charge is -1.96. The second-order valence-corrected chi connectivity index (χ2v) is 3.10. The fourth-order valence-electron chi connectivity index (χ4n) is 0.691. The van der Waals surface area contributed by atoms with Gasteiger partial charge in [0.1, 0.15) is 3.70 Å². The Morgan fingerprint density at radius 3 is 2.90 bits per heavy atom. The summed E-state index contributed by atoms with van der Waals surface area (Å²) in [7, 11) is 0. The Bertz CT molecular complexity index is 255. The molecule has 0 N–H and O–H groups in total. The van der Waals surface area contributed by atoms with Crippen LogP contribution in [0, 0.1) is 10.6 Å². The molecule has 0 amide bonds. The summed E-state index contributed by atoms with van der Waals surface area (Å²) in [6, 6.07) is 2.07. The van der Waals surface area contributed by atoms with Gasteiger partial charge in [-0.25, -0.2) is 4.98 Å². The predicted molar refractivity (Wildman–Crippen MR) is 51.8 cm³/mol. The van der Waals surface area contributed by atoms with Crippen LogP contribution in [0.25, 0.3) is 6.08 Å². The van der Waals surface area contributed by atoms with Crippen molar-refractivity contribution in [2.75, 3.05) is 0 Å². The van der Waals surface area contributed by atoms with Crippen LogP contribution in [0.1, 0.15) is 11.1 Å². The molecule has 0 atom stereocenters. The summed E-state index contributed by atoms with van der Waals surface area (Å²) in [5, 5.41) is 0. The van der Waals surface area contributed by atoms with Gasteiger partial charge < -0.3 is 0 Å². The molecule has 0 fully saturated rings. The fraction of sp³-hybridized carbons (Fsp3) is 0.125. The number of halogens is 1. The summed E-state index contributed by atoms with van der Waals surface area (Å²) < 4.78 is 1.06. The molecule has 1 rings (SSSR count). The smallest absolute Gasteiger partial charge is 0.104 e. The molecule has 2 heteroatoms. The molecule has 0 unspecified atom stereocenters. The minimum Gasteiger partial charge on any atom is -0.249 e. The molecule has 0 saturated heterocycles. The molecule has 1 aromatic heterocycles. The summed E-state index contributed by atoms with van der Waals surface area (Å²) in [4.78, 5) is 4.16. The highest BCUT2D eigenvalue weighted by molar-refractivity contribution is 14.1. The summed E-state index contributed by atoms with van der Waals surface area (Å²) in [5.74, 6) is 0. The fourth-order valence-corrected chi connectivity index (χ4v) is 0.986. The first-order valence-corrected chi connectivity index (χ1v) is 4.06. The minimum atomic E-state index is 1.06. The zero-order valence-corrected chi connectivity index (χ0v) is 7.92. The van der Waals surface area contributed by atoms with Crippen LogP contribution >= 0.6 is 22.6 Å². The molecule has 1 nitrogen and oxygen atoms in total. The molecule has 1 aromatic rings. The van der Waals surface area contributed by atoms with E-state index in [1.807, 2.05) is 13.1 Å². The summed E-state index contributed by atoms with van der Waals surface area (Å²) in [6.07, 6.45) is 3.62. The third-order valence-electron chi connectivity index (χ3n) is 1.27. The second kappa shape index (κ2) is 3.14. The van der Waals surface area contributed by atoms with E-state index >= 15 is 0 Å². The van der Waals surface area contributed by atoms with Gasteiger partial charge in [-0.3, -0.25) is 0 Å². The van der Waals surface area contributed by atoms with Crippen LogP contribution in [0.5, 0.6) is 0 Å². The van der Waals surface area contributed by atoms with Gasteiger partial charge in [0.25, 0.3) is 0 Å². The van der Waals surface area contributed by atoms with Gasteiger partial charge in [0, 0.05) is 6.20 Å². The Balaban J connectivity index is 3.16. The summed E-state index contributed by atoms with van der Waals surface area (Å²) in [6.45, 7) is 5.70. The molecule has 0 aliphatic rings. The van der Waals surface area contributed by atoms with E-state index in [0.29, 0.717) is 0 Å². The lowest BCUT2D eigenvalue weighted by Crippen LogP contribution is -1.85. The third-order valence-corrected chi connectivity index (χ3v) is 2.40. The van der Waals surface area contributed by atoms with Gasteiger partial charge in [-0.2, -0.15) is 0 Å². The Hall–Kier alpha value is -0.380. The topological polar surface area (TPSA) is 12.9 Å². The normalized spacial score (nSPS) is 9.40. The van der Waals surface area contributed by atoms with Gasteiger partial charge in [0.2, 0.25) is 0 Å². The molecular formula is C8H8IN. The van der Waals surface area contributed by atoms with Crippen molar-refractivity contribution in [3.63, 3.8) is 0 Å². The highest BCUT2D eigenvalue weighted by Crippen LogP contribution is 2.09. The molecule has 52 valence electrons. The average molecular weight is 245 g/mol. The van der Waals surface area contributed by atoms with Crippen molar-refractivity contribution in [3.8, 4) is 0 Å². The molecule has 0 aromatic carbocycles. The highest BCUT2D eigenvalue weighted by Gasteiger charge is 1.93. The van der Waals surface area contributed by atoms with Gasteiger partial charge >= 0.3 is 0 Å². The third kappa shape index (κ3) is 1.56. The van der Waals surface area contributed by atoms with Crippen molar-refractivity contribution in [2.45, 2.75) is 6.92 Å². The first-order chi connectivity index (χ1) is 4.74. The van der Waals surface area contributed by atoms with Gasteiger partial charge in [0.15, 0.2) is 0 Å². The minimum absolute atomic E-state index is 1.06. The van der Waals surface area contributed by atoms with E-state index in [1.165, 1.54) is 5.56 Å². The Morgan fingerprint density at radius 1 is 1.70 bits per heavy atom. The van der Waals surface area contributed by atoms with Gasteiger partial charge in [-0.1, -0.05) is 12.7 Å². The maximum atomic E-state index is 4.16. The number of aryl methyl sites for hydroxylation is 1. The zero-order valence-electron chi connectivity index (χ0n) is 5.76. The maximum absolute atomic E-state index is 4.16. The van der Waals surface area contributed by atoms with Crippen molar-refractivity contribution in [1.82, 2.24) is 4.98 Å². The molecule has 0 spiro atoms. The molecule has 10 heavy (non-hydrogen) atoms. The van der Waals surface area contributed by atoms with E-state index in [0.717, 1.165) is 9.26 Å². The van der Waals surface area contributed by atoms with Crippen molar-refractivity contribution in [2.24, 2.45) is 0 Å². The van der Waals surface area contributed by atoms with E-state index in [4.69, 9.17) is 0 Å². The molecule has 0 saturated carbocycles. The van der Waals surface area contributed by atoms with Crippen LogP contribution in [-0.2, 0) is 0 Å². The largest absolute Gasteiger partial charge is 0.249 e. The molecule has 0 aliphatic heterocycles. The van der Waals surface area contributed by atoms with Gasteiger partial charge in [0.05, 0.1) is 0 Å². The van der Waals surface area contributed by atoms with Crippen LogP contribution in [0.2, 0.25) is 0 Å². The number of pyridine rings is 1. The van der Waals surface area contributed by atoms with Crippen LogP contribution in [0.4, 0.5) is 0 Å². The maximum Gasteiger partial charge on any atom is 0.104 e. The lowest BCUT2D eigenvalue weighted by atomic mass is 10.2. The molecule has 0 aliphatic carbocycles. The molecular weight excluding hydrogens is 237 g/mol.